The molecule has 0 aliphatic carbocycles. The molecule has 0 saturated carbocycles. The van der Waals surface area contributed by atoms with Gasteiger partial charge in [-0.1, -0.05) is 0 Å². The van der Waals surface area contributed by atoms with E-state index >= 15 is 0 Å². The Bertz CT molecular complexity index is 509. The lowest BCUT2D eigenvalue weighted by atomic mass is 10.1. The minimum atomic E-state index is 0.504. The molecule has 19 heavy (non-hydrogen) atoms. The Kier molecular flexibility index (Phi) is 3.96. The number of aromatic nitrogens is 2. The quantitative estimate of drug-likeness (QED) is 0.858. The van der Waals surface area contributed by atoms with Crippen LogP contribution in [0.3, 0.4) is 0 Å². The van der Waals surface area contributed by atoms with Gasteiger partial charge in [-0.05, 0) is 28.5 Å². The predicted octanol–water partition coefficient (Wildman–Crippen LogP) is 2.22. The molecular formula is C14H19N3OS. The lowest BCUT2D eigenvalue weighted by Crippen LogP contribution is -2.29. The largest absolute Gasteiger partial charge is 0.384 e. The summed E-state index contributed by atoms with van der Waals surface area (Å²) in [5.41, 5.74) is 2.70. The zero-order chi connectivity index (χ0) is 13.1. The molecule has 3 rings (SSSR count). The van der Waals surface area contributed by atoms with Crippen LogP contribution < -0.4 is 0 Å². The third-order valence-corrected chi connectivity index (χ3v) is 4.26. The van der Waals surface area contributed by atoms with Crippen molar-refractivity contribution in [1.82, 2.24) is 14.7 Å². The second-order valence-electron chi connectivity index (χ2n) is 5.13. The molecular weight excluding hydrogens is 258 g/mol. The summed E-state index contributed by atoms with van der Waals surface area (Å²) >= 11 is 1.76. The van der Waals surface area contributed by atoms with Crippen molar-refractivity contribution in [3.8, 4) is 0 Å². The molecule has 2 aromatic rings. The Balaban J connectivity index is 1.76. The highest BCUT2D eigenvalue weighted by Gasteiger charge is 2.22. The molecule has 0 spiro atoms. The van der Waals surface area contributed by atoms with Crippen molar-refractivity contribution >= 4 is 11.3 Å². The van der Waals surface area contributed by atoms with Crippen LogP contribution >= 0.6 is 11.3 Å². The van der Waals surface area contributed by atoms with E-state index in [-0.39, 0.29) is 0 Å². The van der Waals surface area contributed by atoms with E-state index < -0.39 is 0 Å². The average Bonchev–Trinajstić information content (AvgIpc) is 3.00. The summed E-state index contributed by atoms with van der Waals surface area (Å²) in [5.74, 6) is 0.504. The maximum absolute atomic E-state index is 5.35. The van der Waals surface area contributed by atoms with Gasteiger partial charge >= 0.3 is 0 Å². The number of rotatable bonds is 4. The predicted molar refractivity (Wildman–Crippen MR) is 76.0 cm³/mol. The highest BCUT2D eigenvalue weighted by molar-refractivity contribution is 7.07. The number of methoxy groups -OCH3 is 1. The minimum absolute atomic E-state index is 0.504. The van der Waals surface area contributed by atoms with Gasteiger partial charge in [-0.15, -0.1) is 0 Å². The molecule has 0 N–H and O–H groups in total. The fourth-order valence-corrected chi connectivity index (χ4v) is 3.38. The molecule has 0 fully saturated rings. The number of fused-ring (bicyclic) bond motifs is 1. The number of nitrogens with zero attached hydrogens (tertiary/aromatic N) is 3. The van der Waals surface area contributed by atoms with Gasteiger partial charge in [-0.3, -0.25) is 9.58 Å². The molecule has 0 amide bonds. The molecule has 102 valence electrons. The molecule has 0 radical (unpaired) electrons. The normalized spacial score (nSPS) is 20.2. The van der Waals surface area contributed by atoms with Crippen molar-refractivity contribution in [2.24, 2.45) is 5.92 Å². The third kappa shape index (κ3) is 3.05. The first-order valence-electron chi connectivity index (χ1n) is 6.58. The van der Waals surface area contributed by atoms with Crippen LogP contribution in [-0.2, 0) is 24.4 Å². The lowest BCUT2D eigenvalue weighted by molar-refractivity contribution is 0.114. The first-order valence-corrected chi connectivity index (χ1v) is 7.52. The van der Waals surface area contributed by atoms with Crippen LogP contribution in [0.1, 0.15) is 11.3 Å². The first-order chi connectivity index (χ1) is 9.35. The first kappa shape index (κ1) is 12.8. The Morgan fingerprint density at radius 2 is 2.37 bits per heavy atom. The van der Waals surface area contributed by atoms with Gasteiger partial charge in [0.05, 0.1) is 12.3 Å². The van der Waals surface area contributed by atoms with Gasteiger partial charge in [0, 0.05) is 45.4 Å². The Labute approximate surface area is 117 Å². The molecule has 0 aromatic carbocycles. The minimum Gasteiger partial charge on any atom is -0.384 e. The maximum Gasteiger partial charge on any atom is 0.0524 e. The van der Waals surface area contributed by atoms with Gasteiger partial charge in [0.2, 0.25) is 0 Å². The summed E-state index contributed by atoms with van der Waals surface area (Å²) in [4.78, 5) is 2.49. The van der Waals surface area contributed by atoms with Gasteiger partial charge in [0.25, 0.3) is 0 Å². The maximum atomic E-state index is 5.35. The number of hydrogen-bond acceptors (Lipinski definition) is 4. The highest BCUT2D eigenvalue weighted by Crippen LogP contribution is 2.19. The van der Waals surface area contributed by atoms with Crippen molar-refractivity contribution in [1.29, 1.82) is 0 Å². The smallest absolute Gasteiger partial charge is 0.0524 e. The summed E-state index contributed by atoms with van der Waals surface area (Å²) in [6.07, 6.45) is 1.90. The van der Waals surface area contributed by atoms with Gasteiger partial charge in [0.1, 0.15) is 0 Å². The summed E-state index contributed by atoms with van der Waals surface area (Å²) in [6.45, 7) is 4.79. The molecule has 3 heterocycles. The van der Waals surface area contributed by atoms with Crippen LogP contribution in [0.2, 0.25) is 0 Å². The van der Waals surface area contributed by atoms with Crippen LogP contribution in [0.4, 0.5) is 0 Å². The summed E-state index contributed by atoms with van der Waals surface area (Å²) in [7, 11) is 1.78. The van der Waals surface area contributed by atoms with E-state index in [4.69, 9.17) is 4.74 Å². The molecule has 1 aliphatic rings. The summed E-state index contributed by atoms with van der Waals surface area (Å²) in [5, 5.41) is 8.79. The van der Waals surface area contributed by atoms with Crippen molar-refractivity contribution in [3.63, 3.8) is 0 Å². The topological polar surface area (TPSA) is 30.3 Å². The standard InChI is InChI=1S/C14H19N3OS/c1-18-10-13-7-16(6-12-3-5-19-11-12)9-14-2-4-15-17(14)8-13/h2-5,11,13H,6-10H2,1H3. The zero-order valence-electron chi connectivity index (χ0n) is 11.2. The zero-order valence-corrected chi connectivity index (χ0v) is 12.0. The van der Waals surface area contributed by atoms with Crippen molar-refractivity contribution in [3.05, 3.63) is 40.3 Å². The highest BCUT2D eigenvalue weighted by atomic mass is 32.1. The molecule has 2 aromatic heterocycles. The average molecular weight is 277 g/mol. The van der Waals surface area contributed by atoms with Crippen LogP contribution in [0.15, 0.2) is 29.1 Å². The van der Waals surface area contributed by atoms with Gasteiger partial charge in [0.15, 0.2) is 0 Å². The van der Waals surface area contributed by atoms with E-state index in [1.807, 2.05) is 6.20 Å². The fourth-order valence-electron chi connectivity index (χ4n) is 2.72. The van der Waals surface area contributed by atoms with E-state index in [1.54, 1.807) is 18.4 Å². The molecule has 5 heteroatoms. The fraction of sp³-hybridized carbons (Fsp3) is 0.500. The number of ether oxygens (including phenoxy) is 1. The molecule has 1 atom stereocenters. The second kappa shape index (κ2) is 5.86. The SMILES string of the molecule is COCC1CN(Cc2ccsc2)Cc2ccnn2C1. The van der Waals surface area contributed by atoms with Crippen LogP contribution in [0, 0.1) is 5.92 Å². The summed E-state index contributed by atoms with van der Waals surface area (Å²) in [6, 6.07) is 4.33. The number of hydrogen-bond donors (Lipinski definition) is 0. The monoisotopic (exact) mass is 277 g/mol. The van der Waals surface area contributed by atoms with Crippen molar-refractivity contribution in [2.75, 3.05) is 20.3 Å². The Hall–Kier alpha value is -1.17. The molecule has 1 aliphatic heterocycles. The van der Waals surface area contributed by atoms with Crippen LogP contribution in [0.5, 0.6) is 0 Å². The summed E-state index contributed by atoms with van der Waals surface area (Å²) < 4.78 is 7.47. The van der Waals surface area contributed by atoms with E-state index in [9.17, 15) is 0 Å². The van der Waals surface area contributed by atoms with Gasteiger partial charge in [-0.2, -0.15) is 16.4 Å². The second-order valence-corrected chi connectivity index (χ2v) is 5.91. The van der Waals surface area contributed by atoms with Crippen LogP contribution in [0.25, 0.3) is 0 Å². The lowest BCUT2D eigenvalue weighted by Gasteiger charge is -2.23. The number of thiophene rings is 1. The van der Waals surface area contributed by atoms with Crippen molar-refractivity contribution in [2.45, 2.75) is 19.6 Å². The van der Waals surface area contributed by atoms with E-state index in [0.717, 1.165) is 32.8 Å². The molecule has 0 bridgehead atoms. The van der Waals surface area contributed by atoms with Gasteiger partial charge < -0.3 is 4.74 Å². The van der Waals surface area contributed by atoms with E-state index in [0.29, 0.717) is 5.92 Å². The Morgan fingerprint density at radius 3 is 3.16 bits per heavy atom. The molecule has 1 unspecified atom stereocenters. The van der Waals surface area contributed by atoms with Crippen LogP contribution in [-0.4, -0.2) is 34.9 Å². The van der Waals surface area contributed by atoms with Gasteiger partial charge in [-0.25, -0.2) is 0 Å². The Morgan fingerprint density at radius 1 is 1.42 bits per heavy atom. The molecule has 4 nitrogen and oxygen atoms in total. The van der Waals surface area contributed by atoms with E-state index in [2.05, 4.69) is 37.6 Å². The molecule has 0 saturated heterocycles. The van der Waals surface area contributed by atoms with E-state index in [1.165, 1.54) is 11.3 Å². The van der Waals surface area contributed by atoms with Crippen molar-refractivity contribution < 1.29 is 4.74 Å². The third-order valence-electron chi connectivity index (χ3n) is 3.53.